The summed E-state index contributed by atoms with van der Waals surface area (Å²) in [4.78, 5) is 4.62. The van der Waals surface area contributed by atoms with Gasteiger partial charge >= 0.3 is 12.4 Å². The fourth-order valence-corrected chi connectivity index (χ4v) is 2.89. The lowest BCUT2D eigenvalue weighted by atomic mass is 10.1. The highest BCUT2D eigenvalue weighted by atomic mass is 19.4. The summed E-state index contributed by atoms with van der Waals surface area (Å²) >= 11 is 0. The molecule has 0 aliphatic rings. The predicted molar refractivity (Wildman–Crippen MR) is 92.5 cm³/mol. The van der Waals surface area contributed by atoms with E-state index in [1.807, 2.05) is 0 Å². The van der Waals surface area contributed by atoms with Crippen molar-refractivity contribution >= 4 is 5.69 Å². The molecule has 13 heteroatoms. The third-order valence-electron chi connectivity index (χ3n) is 4.21. The Kier molecular flexibility index (Phi) is 5.66. The molecule has 0 aliphatic carbocycles. The molecule has 0 amide bonds. The molecule has 0 unspecified atom stereocenters. The zero-order chi connectivity index (χ0) is 23.0. The number of anilines is 1. The first-order valence-corrected chi connectivity index (χ1v) is 8.58. The lowest BCUT2D eigenvalue weighted by molar-refractivity contribution is -0.137. The average molecular weight is 445 g/mol. The molecule has 3 aromatic rings. The van der Waals surface area contributed by atoms with Crippen LogP contribution < -0.4 is 4.90 Å². The van der Waals surface area contributed by atoms with E-state index in [1.165, 1.54) is 6.07 Å². The standard InChI is InChI=1S/C18H13F6N5O2/c1-9-15(10(2)30-27-9)16-26-14(28-31-16)7-29(8-17(19,20)21)12-4-3-11(6-25)13(5-12)18(22,23)24/h3-5H,7-8H2,1-2H3. The Labute approximate surface area is 170 Å². The van der Waals surface area contributed by atoms with Crippen LogP contribution in [0.15, 0.2) is 27.2 Å². The Balaban J connectivity index is 1.98. The van der Waals surface area contributed by atoms with Crippen molar-refractivity contribution in [3.63, 3.8) is 0 Å². The van der Waals surface area contributed by atoms with Crippen LogP contribution in [0.2, 0.25) is 0 Å². The maximum absolute atomic E-state index is 13.2. The zero-order valence-electron chi connectivity index (χ0n) is 16.0. The van der Waals surface area contributed by atoms with Crippen molar-refractivity contribution in [1.29, 1.82) is 5.26 Å². The molecule has 7 nitrogen and oxygen atoms in total. The van der Waals surface area contributed by atoms with E-state index >= 15 is 0 Å². The van der Waals surface area contributed by atoms with Crippen molar-refractivity contribution in [2.75, 3.05) is 11.4 Å². The molecule has 164 valence electrons. The van der Waals surface area contributed by atoms with Crippen LogP contribution in [0.5, 0.6) is 0 Å². The van der Waals surface area contributed by atoms with Gasteiger partial charge in [-0.1, -0.05) is 10.3 Å². The molecule has 2 heterocycles. The summed E-state index contributed by atoms with van der Waals surface area (Å²) in [5.74, 6) is 0.105. The number of hydrogen-bond donors (Lipinski definition) is 0. The summed E-state index contributed by atoms with van der Waals surface area (Å²) in [7, 11) is 0. The molecule has 2 aromatic heterocycles. The molecule has 0 bridgehead atoms. The minimum Gasteiger partial charge on any atom is -0.361 e. The first-order valence-electron chi connectivity index (χ1n) is 8.58. The van der Waals surface area contributed by atoms with E-state index in [1.54, 1.807) is 13.8 Å². The van der Waals surface area contributed by atoms with Gasteiger partial charge in [-0.25, -0.2) is 0 Å². The number of aromatic nitrogens is 3. The molecular formula is C18H13F6N5O2. The largest absolute Gasteiger partial charge is 0.417 e. The SMILES string of the molecule is Cc1noc(C)c1-c1nc(CN(CC(F)(F)F)c2ccc(C#N)c(C(F)(F)F)c2)no1. The van der Waals surface area contributed by atoms with Crippen molar-refractivity contribution in [3.05, 3.63) is 46.6 Å². The summed E-state index contributed by atoms with van der Waals surface area (Å²) in [6.45, 7) is 0.993. The second-order valence-corrected chi connectivity index (χ2v) is 6.53. The van der Waals surface area contributed by atoms with Crippen LogP contribution in [0.4, 0.5) is 32.0 Å². The number of nitriles is 1. The molecule has 0 N–H and O–H groups in total. The van der Waals surface area contributed by atoms with Crippen molar-refractivity contribution in [3.8, 4) is 17.5 Å². The van der Waals surface area contributed by atoms with Crippen LogP contribution in [0.25, 0.3) is 11.5 Å². The molecular weight excluding hydrogens is 432 g/mol. The molecule has 0 atom stereocenters. The van der Waals surface area contributed by atoms with E-state index in [0.29, 0.717) is 28.0 Å². The van der Waals surface area contributed by atoms with Gasteiger partial charge in [0.2, 0.25) is 0 Å². The van der Waals surface area contributed by atoms with Crippen LogP contribution in [-0.4, -0.2) is 28.0 Å². The van der Waals surface area contributed by atoms with Gasteiger partial charge in [0.05, 0.1) is 29.4 Å². The number of benzene rings is 1. The predicted octanol–water partition coefficient (Wildman–Crippen LogP) is 4.80. The number of alkyl halides is 6. The van der Waals surface area contributed by atoms with E-state index in [4.69, 9.17) is 14.3 Å². The number of halogens is 6. The van der Waals surface area contributed by atoms with Crippen LogP contribution >= 0.6 is 0 Å². The number of rotatable bonds is 5. The smallest absolute Gasteiger partial charge is 0.361 e. The van der Waals surface area contributed by atoms with Gasteiger partial charge in [0.15, 0.2) is 5.82 Å². The maximum Gasteiger partial charge on any atom is 0.417 e. The van der Waals surface area contributed by atoms with Crippen molar-refractivity contribution in [1.82, 2.24) is 15.3 Å². The minimum absolute atomic E-state index is 0.0472. The first-order chi connectivity index (χ1) is 14.4. The minimum atomic E-state index is -4.92. The monoisotopic (exact) mass is 445 g/mol. The van der Waals surface area contributed by atoms with E-state index in [9.17, 15) is 26.3 Å². The van der Waals surface area contributed by atoms with Crippen molar-refractivity contribution < 1.29 is 35.4 Å². The van der Waals surface area contributed by atoms with Crippen molar-refractivity contribution in [2.24, 2.45) is 0 Å². The third kappa shape index (κ3) is 4.96. The summed E-state index contributed by atoms with van der Waals surface area (Å²) in [6, 6.07) is 3.67. The highest BCUT2D eigenvalue weighted by Gasteiger charge is 2.36. The molecule has 3 rings (SSSR count). The molecule has 0 aliphatic heterocycles. The van der Waals surface area contributed by atoms with Gasteiger partial charge in [-0.3, -0.25) is 0 Å². The Hall–Kier alpha value is -3.56. The number of hydrogen-bond acceptors (Lipinski definition) is 7. The molecule has 0 fully saturated rings. The summed E-state index contributed by atoms with van der Waals surface area (Å²) < 4.78 is 89.1. The molecule has 0 saturated carbocycles. The van der Waals surface area contributed by atoms with E-state index in [-0.39, 0.29) is 11.7 Å². The quantitative estimate of drug-likeness (QED) is 0.521. The Morgan fingerprint density at radius 2 is 1.77 bits per heavy atom. The van der Waals surface area contributed by atoms with Crippen LogP contribution in [-0.2, 0) is 12.7 Å². The summed E-state index contributed by atoms with van der Waals surface area (Å²) in [5.41, 5.74) is -1.67. The lowest BCUT2D eigenvalue weighted by Gasteiger charge is -2.25. The van der Waals surface area contributed by atoms with E-state index < -0.39 is 42.3 Å². The highest BCUT2D eigenvalue weighted by molar-refractivity contribution is 5.58. The Bertz CT molecular complexity index is 1110. The molecule has 0 radical (unpaired) electrons. The Morgan fingerprint density at radius 1 is 1.06 bits per heavy atom. The molecule has 31 heavy (non-hydrogen) atoms. The second-order valence-electron chi connectivity index (χ2n) is 6.53. The highest BCUT2D eigenvalue weighted by Crippen LogP contribution is 2.35. The average Bonchev–Trinajstić information content (AvgIpc) is 3.24. The van der Waals surface area contributed by atoms with Gasteiger partial charge in [-0.2, -0.15) is 36.6 Å². The van der Waals surface area contributed by atoms with Gasteiger partial charge in [-0.05, 0) is 32.0 Å². The zero-order valence-corrected chi connectivity index (χ0v) is 16.0. The second kappa shape index (κ2) is 7.93. The first kappa shape index (κ1) is 22.1. The summed E-state index contributed by atoms with van der Waals surface area (Å²) in [6.07, 6.45) is -9.66. The third-order valence-corrected chi connectivity index (χ3v) is 4.21. The fraction of sp³-hybridized carbons (Fsp3) is 0.333. The Morgan fingerprint density at radius 3 is 2.32 bits per heavy atom. The number of aryl methyl sites for hydroxylation is 2. The van der Waals surface area contributed by atoms with Crippen LogP contribution in [0.3, 0.4) is 0 Å². The molecule has 0 spiro atoms. The van der Waals surface area contributed by atoms with Gasteiger partial charge in [-0.15, -0.1) is 0 Å². The number of nitrogens with zero attached hydrogens (tertiary/aromatic N) is 5. The molecule has 0 saturated heterocycles. The maximum atomic E-state index is 13.2. The van der Waals surface area contributed by atoms with E-state index in [2.05, 4.69) is 15.3 Å². The van der Waals surface area contributed by atoms with Gasteiger partial charge in [0.1, 0.15) is 17.9 Å². The topological polar surface area (TPSA) is 92.0 Å². The van der Waals surface area contributed by atoms with Crippen molar-refractivity contribution in [2.45, 2.75) is 32.7 Å². The summed E-state index contributed by atoms with van der Waals surface area (Å²) in [5, 5.41) is 16.2. The van der Waals surface area contributed by atoms with Gasteiger partial charge < -0.3 is 13.9 Å². The van der Waals surface area contributed by atoms with Crippen LogP contribution in [0, 0.1) is 25.2 Å². The normalized spacial score (nSPS) is 12.1. The van der Waals surface area contributed by atoms with Gasteiger partial charge in [0, 0.05) is 5.69 Å². The van der Waals surface area contributed by atoms with Gasteiger partial charge in [0.25, 0.3) is 5.89 Å². The lowest BCUT2D eigenvalue weighted by Crippen LogP contribution is -2.34. The fourth-order valence-electron chi connectivity index (χ4n) is 2.89. The molecule has 1 aromatic carbocycles. The van der Waals surface area contributed by atoms with E-state index in [0.717, 1.165) is 12.1 Å². The van der Waals surface area contributed by atoms with Crippen LogP contribution in [0.1, 0.15) is 28.4 Å².